The highest BCUT2D eigenvalue weighted by Crippen LogP contribution is 2.31. The standard InChI is InChI=1S/C13H20N4O/c1-13(2)4-7-17(11-9-15-5-6-16-11)12(18)10(8-13)14-3/h5-6,9-10,14H,4,7-8H2,1-3H3. The summed E-state index contributed by atoms with van der Waals surface area (Å²) in [5.74, 6) is 0.726. The van der Waals surface area contributed by atoms with Crippen LogP contribution in [0.4, 0.5) is 5.82 Å². The first-order chi connectivity index (χ1) is 8.53. The smallest absolute Gasteiger partial charge is 0.245 e. The van der Waals surface area contributed by atoms with Gasteiger partial charge in [-0.3, -0.25) is 14.7 Å². The molecule has 1 saturated heterocycles. The van der Waals surface area contributed by atoms with Gasteiger partial charge in [-0.25, -0.2) is 4.98 Å². The lowest BCUT2D eigenvalue weighted by Crippen LogP contribution is -2.44. The summed E-state index contributed by atoms with van der Waals surface area (Å²) >= 11 is 0. The lowest BCUT2D eigenvalue weighted by molar-refractivity contribution is -0.120. The van der Waals surface area contributed by atoms with Gasteiger partial charge in [0.2, 0.25) is 5.91 Å². The molecule has 1 aromatic rings. The number of hydrogen-bond donors (Lipinski definition) is 1. The Kier molecular flexibility index (Phi) is 3.61. The Labute approximate surface area is 108 Å². The van der Waals surface area contributed by atoms with E-state index in [4.69, 9.17) is 0 Å². The van der Waals surface area contributed by atoms with Gasteiger partial charge in [0.25, 0.3) is 0 Å². The second-order valence-corrected chi connectivity index (χ2v) is 5.51. The number of likely N-dealkylation sites (N-methyl/N-ethyl adjacent to an activating group) is 1. The van der Waals surface area contributed by atoms with Crippen LogP contribution in [0.5, 0.6) is 0 Å². The molecule has 1 atom stereocenters. The largest absolute Gasteiger partial charge is 0.309 e. The van der Waals surface area contributed by atoms with E-state index in [9.17, 15) is 4.79 Å². The zero-order chi connectivity index (χ0) is 13.2. The molecule has 1 aliphatic heterocycles. The van der Waals surface area contributed by atoms with E-state index in [0.29, 0.717) is 12.4 Å². The molecule has 0 spiro atoms. The van der Waals surface area contributed by atoms with Gasteiger partial charge in [0, 0.05) is 18.9 Å². The summed E-state index contributed by atoms with van der Waals surface area (Å²) in [6.45, 7) is 5.10. The van der Waals surface area contributed by atoms with Crippen LogP contribution in [0.1, 0.15) is 26.7 Å². The first kappa shape index (κ1) is 13.0. The van der Waals surface area contributed by atoms with E-state index in [2.05, 4.69) is 29.1 Å². The summed E-state index contributed by atoms with van der Waals surface area (Å²) in [6, 6.07) is -0.149. The molecule has 1 unspecified atom stereocenters. The van der Waals surface area contributed by atoms with Crippen molar-refractivity contribution < 1.29 is 4.79 Å². The number of rotatable bonds is 2. The second-order valence-electron chi connectivity index (χ2n) is 5.51. The molecule has 1 N–H and O–H groups in total. The fourth-order valence-electron chi connectivity index (χ4n) is 2.34. The van der Waals surface area contributed by atoms with Gasteiger partial charge < -0.3 is 5.32 Å². The van der Waals surface area contributed by atoms with Crippen LogP contribution in [-0.4, -0.2) is 35.5 Å². The predicted octanol–water partition coefficient (Wildman–Crippen LogP) is 1.22. The first-order valence-electron chi connectivity index (χ1n) is 6.28. The molecular weight excluding hydrogens is 228 g/mol. The summed E-state index contributed by atoms with van der Waals surface area (Å²) in [5.41, 5.74) is 0.153. The molecule has 5 heteroatoms. The normalized spacial score (nSPS) is 23.8. The highest BCUT2D eigenvalue weighted by atomic mass is 16.2. The van der Waals surface area contributed by atoms with Crippen molar-refractivity contribution in [3.8, 4) is 0 Å². The molecule has 1 fully saturated rings. The molecule has 1 amide bonds. The molecule has 18 heavy (non-hydrogen) atoms. The van der Waals surface area contributed by atoms with E-state index in [1.54, 1.807) is 23.5 Å². The Morgan fingerprint density at radius 2 is 2.22 bits per heavy atom. The van der Waals surface area contributed by atoms with Crippen LogP contribution in [0, 0.1) is 5.41 Å². The van der Waals surface area contributed by atoms with Crippen molar-refractivity contribution >= 4 is 11.7 Å². The van der Waals surface area contributed by atoms with Crippen LogP contribution in [0.25, 0.3) is 0 Å². The van der Waals surface area contributed by atoms with E-state index >= 15 is 0 Å². The predicted molar refractivity (Wildman–Crippen MR) is 70.2 cm³/mol. The Hall–Kier alpha value is -1.49. The van der Waals surface area contributed by atoms with Gasteiger partial charge in [0.1, 0.15) is 0 Å². The van der Waals surface area contributed by atoms with Crippen LogP contribution >= 0.6 is 0 Å². The summed E-state index contributed by atoms with van der Waals surface area (Å²) in [4.78, 5) is 22.5. The summed E-state index contributed by atoms with van der Waals surface area (Å²) in [7, 11) is 1.83. The third-order valence-corrected chi connectivity index (χ3v) is 3.51. The maximum Gasteiger partial charge on any atom is 0.245 e. The molecule has 0 saturated carbocycles. The van der Waals surface area contributed by atoms with Gasteiger partial charge in [0.05, 0.1) is 12.2 Å². The van der Waals surface area contributed by atoms with E-state index in [1.807, 2.05) is 7.05 Å². The molecule has 98 valence electrons. The summed E-state index contributed by atoms with van der Waals surface area (Å²) in [5, 5.41) is 3.11. The molecule has 0 aliphatic carbocycles. The van der Waals surface area contributed by atoms with Gasteiger partial charge in [-0.15, -0.1) is 0 Å². The van der Waals surface area contributed by atoms with Gasteiger partial charge >= 0.3 is 0 Å². The van der Waals surface area contributed by atoms with Crippen LogP contribution in [0.3, 0.4) is 0 Å². The van der Waals surface area contributed by atoms with E-state index in [0.717, 1.165) is 12.8 Å². The Balaban J connectivity index is 2.28. The summed E-state index contributed by atoms with van der Waals surface area (Å²) in [6.07, 6.45) is 6.69. The number of carbonyl (C=O) groups is 1. The molecular formula is C13H20N4O. The topological polar surface area (TPSA) is 58.1 Å². The zero-order valence-electron chi connectivity index (χ0n) is 11.2. The fraction of sp³-hybridized carbons (Fsp3) is 0.615. The monoisotopic (exact) mass is 248 g/mol. The van der Waals surface area contributed by atoms with Crippen LogP contribution < -0.4 is 10.2 Å². The maximum atomic E-state index is 12.5. The molecule has 2 heterocycles. The van der Waals surface area contributed by atoms with Crippen molar-refractivity contribution in [3.63, 3.8) is 0 Å². The van der Waals surface area contributed by atoms with Crippen molar-refractivity contribution in [2.24, 2.45) is 5.41 Å². The minimum absolute atomic E-state index is 0.0866. The Bertz CT molecular complexity index is 418. The number of amides is 1. The van der Waals surface area contributed by atoms with Crippen LogP contribution in [0.15, 0.2) is 18.6 Å². The Morgan fingerprint density at radius 3 is 2.83 bits per heavy atom. The highest BCUT2D eigenvalue weighted by Gasteiger charge is 2.35. The molecule has 0 bridgehead atoms. The summed E-state index contributed by atoms with van der Waals surface area (Å²) < 4.78 is 0. The minimum atomic E-state index is -0.149. The number of anilines is 1. The van der Waals surface area contributed by atoms with Crippen LogP contribution in [0.2, 0.25) is 0 Å². The van der Waals surface area contributed by atoms with Gasteiger partial charge in [0.15, 0.2) is 5.82 Å². The molecule has 5 nitrogen and oxygen atoms in total. The number of hydrogen-bond acceptors (Lipinski definition) is 4. The SMILES string of the molecule is CNC1CC(C)(C)CCN(c2cnccn2)C1=O. The van der Waals surface area contributed by atoms with Crippen LogP contribution in [-0.2, 0) is 4.79 Å². The van der Waals surface area contributed by atoms with Crippen molar-refractivity contribution in [2.45, 2.75) is 32.7 Å². The lowest BCUT2D eigenvalue weighted by Gasteiger charge is -2.24. The van der Waals surface area contributed by atoms with E-state index in [1.165, 1.54) is 0 Å². The molecule has 1 aromatic heterocycles. The molecule has 2 rings (SSSR count). The van der Waals surface area contributed by atoms with Gasteiger partial charge in [-0.1, -0.05) is 13.8 Å². The number of carbonyl (C=O) groups excluding carboxylic acids is 1. The van der Waals surface area contributed by atoms with Gasteiger partial charge in [-0.2, -0.15) is 0 Å². The number of aromatic nitrogens is 2. The first-order valence-corrected chi connectivity index (χ1v) is 6.28. The van der Waals surface area contributed by atoms with E-state index < -0.39 is 0 Å². The van der Waals surface area contributed by atoms with Crippen molar-refractivity contribution in [1.82, 2.24) is 15.3 Å². The number of nitrogens with one attached hydrogen (secondary N) is 1. The molecule has 1 aliphatic rings. The van der Waals surface area contributed by atoms with E-state index in [-0.39, 0.29) is 17.4 Å². The molecule has 0 radical (unpaired) electrons. The highest BCUT2D eigenvalue weighted by molar-refractivity contribution is 5.96. The second kappa shape index (κ2) is 5.02. The Morgan fingerprint density at radius 1 is 1.44 bits per heavy atom. The van der Waals surface area contributed by atoms with Crippen molar-refractivity contribution in [3.05, 3.63) is 18.6 Å². The third-order valence-electron chi connectivity index (χ3n) is 3.51. The maximum absolute atomic E-state index is 12.5. The average Bonchev–Trinajstić information content (AvgIpc) is 2.47. The average molecular weight is 248 g/mol. The van der Waals surface area contributed by atoms with Gasteiger partial charge in [-0.05, 0) is 25.3 Å². The lowest BCUT2D eigenvalue weighted by atomic mass is 9.83. The number of nitrogens with zero attached hydrogens (tertiary/aromatic N) is 3. The van der Waals surface area contributed by atoms with Crippen molar-refractivity contribution in [1.29, 1.82) is 0 Å². The molecule has 0 aromatic carbocycles. The zero-order valence-corrected chi connectivity index (χ0v) is 11.2. The van der Waals surface area contributed by atoms with Crippen molar-refractivity contribution in [2.75, 3.05) is 18.5 Å². The minimum Gasteiger partial charge on any atom is -0.309 e. The third kappa shape index (κ3) is 2.67. The quantitative estimate of drug-likeness (QED) is 0.855. The fourth-order valence-corrected chi connectivity index (χ4v) is 2.34.